The maximum atomic E-state index is 13.4. The van der Waals surface area contributed by atoms with E-state index < -0.39 is 11.8 Å². The van der Waals surface area contributed by atoms with Gasteiger partial charge < -0.3 is 15.2 Å². The zero-order valence-corrected chi connectivity index (χ0v) is 23.2. The Balaban J connectivity index is 1.49. The number of hydrogen-bond acceptors (Lipinski definition) is 7. The van der Waals surface area contributed by atoms with Crippen molar-refractivity contribution in [1.82, 2.24) is 19.6 Å². The van der Waals surface area contributed by atoms with E-state index in [4.69, 9.17) is 25.4 Å². The van der Waals surface area contributed by atoms with Crippen molar-refractivity contribution < 1.29 is 19.1 Å². The van der Waals surface area contributed by atoms with Crippen LogP contribution in [0, 0.1) is 6.92 Å². The van der Waals surface area contributed by atoms with Crippen LogP contribution in [-0.4, -0.2) is 44.6 Å². The summed E-state index contributed by atoms with van der Waals surface area (Å²) >= 11 is 1.57. The molecule has 0 radical (unpaired) electrons. The number of carbonyl (C=O) groups is 2. The smallest absolute Gasteiger partial charge is 0.323 e. The second kappa shape index (κ2) is 11.4. The summed E-state index contributed by atoms with van der Waals surface area (Å²) in [5, 5.41) is 11.6. The van der Waals surface area contributed by atoms with Gasteiger partial charge >= 0.3 is 11.8 Å². The number of carbonyl (C=O) groups excluding carboxylic acids is 2. The van der Waals surface area contributed by atoms with Gasteiger partial charge in [0.2, 0.25) is 0 Å². The van der Waals surface area contributed by atoms with E-state index in [-0.39, 0.29) is 24.1 Å². The molecular weight excluding hydrogens is 528 g/mol. The van der Waals surface area contributed by atoms with Crippen LogP contribution >= 0.6 is 11.3 Å². The average Bonchev–Trinajstić information content (AvgIpc) is 3.75. The number of aromatic nitrogens is 4. The summed E-state index contributed by atoms with van der Waals surface area (Å²) in [6.07, 6.45) is 5.03. The van der Waals surface area contributed by atoms with Crippen LogP contribution in [-0.2, 0) is 19.1 Å². The van der Waals surface area contributed by atoms with Crippen LogP contribution in [0.5, 0.6) is 0 Å². The summed E-state index contributed by atoms with van der Waals surface area (Å²) in [5.41, 5.74) is 9.19. The normalized spacial score (nSPS) is 19.4. The van der Waals surface area contributed by atoms with Crippen molar-refractivity contribution >= 4 is 34.8 Å². The van der Waals surface area contributed by atoms with E-state index in [0.29, 0.717) is 13.2 Å². The van der Waals surface area contributed by atoms with E-state index in [9.17, 15) is 9.59 Å². The molecule has 208 valence electrons. The van der Waals surface area contributed by atoms with Crippen molar-refractivity contribution in [2.75, 3.05) is 18.1 Å². The van der Waals surface area contributed by atoms with E-state index >= 15 is 0 Å². The number of nitrogens with two attached hydrogens (primary N) is 1. The Morgan fingerprint density at radius 2 is 1.50 bits per heavy atom. The predicted octanol–water partition coefficient (Wildman–Crippen LogP) is 5.33. The second-order valence-corrected chi connectivity index (χ2v) is 11.1. The first-order valence-corrected chi connectivity index (χ1v) is 14.5. The average molecular weight is 561 g/mol. The molecule has 1 aromatic carbocycles. The first-order valence-electron chi connectivity index (χ1n) is 13.7. The first-order chi connectivity index (χ1) is 19.5. The molecular formula is C29H32N6O4S. The van der Waals surface area contributed by atoms with Gasteiger partial charge in [-0.1, -0.05) is 35.9 Å². The fourth-order valence-corrected chi connectivity index (χ4v) is 5.97. The Hall–Kier alpha value is -3.80. The van der Waals surface area contributed by atoms with Gasteiger partial charge in [-0.25, -0.2) is 14.3 Å². The first kappa shape index (κ1) is 26.4. The molecule has 40 heavy (non-hydrogen) atoms. The molecule has 0 spiro atoms. The molecule has 11 heteroatoms. The zero-order valence-electron chi connectivity index (χ0n) is 22.4. The molecule has 4 aromatic rings. The van der Waals surface area contributed by atoms with E-state index in [2.05, 4.69) is 0 Å². The summed E-state index contributed by atoms with van der Waals surface area (Å²) in [6, 6.07) is 15.6. The molecule has 2 N–H and O–H groups in total. The van der Waals surface area contributed by atoms with Crippen molar-refractivity contribution in [1.29, 1.82) is 0 Å². The molecule has 2 unspecified atom stereocenters. The highest BCUT2D eigenvalue weighted by Crippen LogP contribution is 2.38. The van der Waals surface area contributed by atoms with Gasteiger partial charge in [-0.15, -0.1) is 11.3 Å². The van der Waals surface area contributed by atoms with Crippen LogP contribution in [0.15, 0.2) is 53.9 Å². The van der Waals surface area contributed by atoms with Gasteiger partial charge in [-0.3, -0.25) is 9.59 Å². The van der Waals surface area contributed by atoms with E-state index in [1.54, 1.807) is 23.5 Å². The van der Waals surface area contributed by atoms with Crippen LogP contribution in [0.1, 0.15) is 56.5 Å². The Bertz CT molecular complexity index is 1480. The van der Waals surface area contributed by atoms with Crippen LogP contribution in [0.2, 0.25) is 0 Å². The third kappa shape index (κ3) is 5.19. The molecule has 0 saturated carbocycles. The molecule has 2 atom stereocenters. The standard InChI is InChI=1S/C29H32N6O4S/c1-19-10-12-20(13-11-19)21-17-24(31-34(21)26-8-2-4-14-38-26)33(29(37)28(30)36)25-18-22(23-7-6-16-40-23)35(32-25)27-9-3-5-15-39-27/h6-7,10-13,16-18,26-27H,2-5,8-9,14-15H2,1H3,(H2,30,36). The molecule has 0 bridgehead atoms. The van der Waals surface area contributed by atoms with Crippen molar-refractivity contribution in [3.63, 3.8) is 0 Å². The number of anilines is 2. The minimum Gasteiger partial charge on any atom is -0.361 e. The predicted molar refractivity (Wildman–Crippen MR) is 152 cm³/mol. The Kier molecular flexibility index (Phi) is 7.50. The molecule has 6 rings (SSSR count). The maximum Gasteiger partial charge on any atom is 0.323 e. The summed E-state index contributed by atoms with van der Waals surface area (Å²) in [6.45, 7) is 3.30. The van der Waals surface area contributed by atoms with Gasteiger partial charge in [0.05, 0.1) is 16.3 Å². The lowest BCUT2D eigenvalue weighted by Crippen LogP contribution is -2.38. The monoisotopic (exact) mass is 560 g/mol. The summed E-state index contributed by atoms with van der Waals surface area (Å²) < 4.78 is 15.7. The third-order valence-corrected chi connectivity index (χ3v) is 8.19. The van der Waals surface area contributed by atoms with Crippen molar-refractivity contribution in [2.24, 2.45) is 5.73 Å². The molecule has 2 amide bonds. The van der Waals surface area contributed by atoms with Gasteiger partial charge in [-0.05, 0) is 56.9 Å². The minimum absolute atomic E-state index is 0.250. The van der Waals surface area contributed by atoms with Crippen LogP contribution < -0.4 is 10.6 Å². The Labute approximate surface area is 236 Å². The number of amides is 2. The highest BCUT2D eigenvalue weighted by atomic mass is 32.1. The van der Waals surface area contributed by atoms with Gasteiger partial charge in [0.15, 0.2) is 24.1 Å². The summed E-state index contributed by atoms with van der Waals surface area (Å²) in [4.78, 5) is 27.9. The highest BCUT2D eigenvalue weighted by molar-refractivity contribution is 7.13. The lowest BCUT2D eigenvalue weighted by atomic mass is 10.1. The Morgan fingerprint density at radius 1 is 0.900 bits per heavy atom. The fourth-order valence-electron chi connectivity index (χ4n) is 5.24. The number of rotatable bonds is 6. The number of primary amides is 1. The number of hydrogen-bond donors (Lipinski definition) is 1. The Morgan fingerprint density at radius 3 is 2.02 bits per heavy atom. The summed E-state index contributed by atoms with van der Waals surface area (Å²) in [7, 11) is 0. The van der Waals surface area contributed by atoms with Crippen molar-refractivity contribution in [3.8, 4) is 21.8 Å². The van der Waals surface area contributed by atoms with Gasteiger partial charge in [0.25, 0.3) is 0 Å². The zero-order chi connectivity index (χ0) is 27.6. The van der Waals surface area contributed by atoms with Crippen molar-refractivity contribution in [3.05, 3.63) is 59.5 Å². The van der Waals surface area contributed by atoms with Crippen LogP contribution in [0.3, 0.4) is 0 Å². The SMILES string of the molecule is Cc1ccc(-c2cc(N(C(=O)C(N)=O)c3cc(-c4cccs4)n(C4CCCCO4)n3)nn2C2CCCCO2)cc1. The molecule has 2 saturated heterocycles. The van der Waals surface area contributed by atoms with Gasteiger partial charge in [-0.2, -0.15) is 10.2 Å². The van der Waals surface area contributed by atoms with E-state index in [1.165, 1.54) is 4.90 Å². The topological polar surface area (TPSA) is 118 Å². The fraction of sp³-hybridized carbons (Fsp3) is 0.379. The van der Waals surface area contributed by atoms with E-state index in [1.807, 2.05) is 58.1 Å². The number of aryl methyl sites for hydroxylation is 1. The molecule has 2 aliphatic rings. The number of nitrogens with zero attached hydrogens (tertiary/aromatic N) is 5. The van der Waals surface area contributed by atoms with E-state index in [0.717, 1.165) is 65.9 Å². The number of thiophene rings is 1. The molecule has 3 aromatic heterocycles. The van der Waals surface area contributed by atoms with Gasteiger partial charge in [0.1, 0.15) is 0 Å². The maximum absolute atomic E-state index is 13.4. The lowest BCUT2D eigenvalue weighted by molar-refractivity contribution is -0.135. The second-order valence-electron chi connectivity index (χ2n) is 10.2. The van der Waals surface area contributed by atoms with Gasteiger partial charge in [0, 0.05) is 30.9 Å². The largest absolute Gasteiger partial charge is 0.361 e. The summed E-state index contributed by atoms with van der Waals surface area (Å²) in [5.74, 6) is -1.51. The quantitative estimate of drug-likeness (QED) is 0.319. The lowest BCUT2D eigenvalue weighted by Gasteiger charge is -2.25. The molecule has 2 fully saturated rings. The van der Waals surface area contributed by atoms with Crippen LogP contribution in [0.25, 0.3) is 21.8 Å². The van der Waals surface area contributed by atoms with Crippen molar-refractivity contribution in [2.45, 2.75) is 57.9 Å². The van der Waals surface area contributed by atoms with Crippen LogP contribution in [0.4, 0.5) is 11.6 Å². The minimum atomic E-state index is -1.10. The molecule has 2 aliphatic heterocycles. The highest BCUT2D eigenvalue weighted by Gasteiger charge is 2.32. The third-order valence-electron chi connectivity index (χ3n) is 7.30. The number of benzene rings is 1. The number of ether oxygens (including phenoxy) is 2. The molecule has 5 heterocycles. The molecule has 10 nitrogen and oxygen atoms in total. The molecule has 0 aliphatic carbocycles.